The average molecular weight is 379 g/mol. The van der Waals surface area contributed by atoms with Gasteiger partial charge in [-0.3, -0.25) is 9.59 Å². The molecule has 0 aliphatic rings. The van der Waals surface area contributed by atoms with Gasteiger partial charge in [0.2, 0.25) is 0 Å². The number of benzene rings is 2. The number of rotatable bonds is 5. The van der Waals surface area contributed by atoms with Gasteiger partial charge in [0.25, 0.3) is 5.91 Å². The minimum atomic E-state index is -4.96. The molecule has 2 aromatic carbocycles. The van der Waals surface area contributed by atoms with Gasteiger partial charge in [-0.15, -0.1) is 0 Å². The van der Waals surface area contributed by atoms with E-state index in [2.05, 4.69) is 10.5 Å². The van der Waals surface area contributed by atoms with E-state index in [-0.39, 0.29) is 5.69 Å². The first-order valence-corrected chi connectivity index (χ1v) is 7.68. The molecule has 0 bridgehead atoms. The molecule has 0 unspecified atom stereocenters. The van der Waals surface area contributed by atoms with Crippen molar-refractivity contribution < 1.29 is 27.5 Å². The highest BCUT2D eigenvalue weighted by atomic mass is 19.4. The van der Waals surface area contributed by atoms with Crippen molar-refractivity contribution in [2.24, 2.45) is 5.10 Å². The first-order chi connectivity index (χ1) is 12.7. The third-order valence-corrected chi connectivity index (χ3v) is 3.49. The van der Waals surface area contributed by atoms with Gasteiger partial charge in [-0.25, -0.2) is 5.43 Å². The highest BCUT2D eigenvalue weighted by Crippen LogP contribution is 2.19. The number of ether oxygens (including phenoxy) is 1. The maximum absolute atomic E-state index is 12.2. The number of hydrogen-bond donors (Lipinski definition) is 2. The third kappa shape index (κ3) is 5.30. The maximum Gasteiger partial charge on any atom is 0.471 e. The molecule has 0 saturated carbocycles. The van der Waals surface area contributed by atoms with Crippen LogP contribution in [0.2, 0.25) is 0 Å². The third-order valence-electron chi connectivity index (χ3n) is 3.49. The minimum absolute atomic E-state index is 0.00747. The second-order valence-electron chi connectivity index (χ2n) is 5.37. The standard InChI is InChI=1S/C18H16F3N3O3/c1-11(23-24-16(25)14-5-3-4-6-15(14)27-2)12-7-9-13(10-8-12)22-17(26)18(19,20)21/h3-10H,1-2H3,(H,22,26)(H,24,25)/b23-11-. The van der Waals surface area contributed by atoms with Crippen LogP contribution in [0, 0.1) is 0 Å². The van der Waals surface area contributed by atoms with E-state index >= 15 is 0 Å². The Bertz CT molecular complexity index is 862. The molecule has 0 heterocycles. The fourth-order valence-electron chi connectivity index (χ4n) is 2.09. The molecule has 2 rings (SSSR count). The topological polar surface area (TPSA) is 79.8 Å². The summed E-state index contributed by atoms with van der Waals surface area (Å²) in [6.45, 7) is 1.62. The quantitative estimate of drug-likeness (QED) is 0.618. The zero-order chi connectivity index (χ0) is 20.0. The van der Waals surface area contributed by atoms with E-state index < -0.39 is 18.0 Å². The molecule has 0 aromatic heterocycles. The molecule has 2 amide bonds. The van der Waals surface area contributed by atoms with Gasteiger partial charge >= 0.3 is 12.1 Å². The van der Waals surface area contributed by atoms with Gasteiger partial charge in [-0.1, -0.05) is 24.3 Å². The summed E-state index contributed by atoms with van der Waals surface area (Å²) in [7, 11) is 1.44. The number of alkyl halides is 3. The van der Waals surface area contributed by atoms with Gasteiger partial charge in [0, 0.05) is 5.69 Å². The molecule has 0 radical (unpaired) electrons. The maximum atomic E-state index is 12.2. The Hall–Kier alpha value is -3.36. The van der Waals surface area contributed by atoms with E-state index in [0.29, 0.717) is 22.6 Å². The van der Waals surface area contributed by atoms with Crippen molar-refractivity contribution in [2.45, 2.75) is 13.1 Å². The zero-order valence-electron chi connectivity index (χ0n) is 14.4. The Morgan fingerprint density at radius 3 is 2.26 bits per heavy atom. The van der Waals surface area contributed by atoms with Crippen molar-refractivity contribution in [3.05, 3.63) is 59.7 Å². The molecule has 9 heteroatoms. The van der Waals surface area contributed by atoms with Crippen LogP contribution in [-0.2, 0) is 4.79 Å². The number of nitrogens with one attached hydrogen (secondary N) is 2. The molecule has 0 fully saturated rings. The molecule has 0 saturated heterocycles. The number of hydrazone groups is 1. The van der Waals surface area contributed by atoms with E-state index in [1.54, 1.807) is 36.5 Å². The second kappa shape index (κ2) is 8.35. The van der Waals surface area contributed by atoms with Gasteiger partial charge in [-0.2, -0.15) is 18.3 Å². The summed E-state index contributed by atoms with van der Waals surface area (Å²) in [6.07, 6.45) is -4.96. The van der Waals surface area contributed by atoms with E-state index in [4.69, 9.17) is 4.74 Å². The molecule has 2 aromatic rings. The molecule has 142 valence electrons. The first kappa shape index (κ1) is 20.0. The lowest BCUT2D eigenvalue weighted by Gasteiger charge is -2.09. The molecule has 0 spiro atoms. The predicted molar refractivity (Wildman–Crippen MR) is 93.8 cm³/mol. The smallest absolute Gasteiger partial charge is 0.471 e. The Balaban J connectivity index is 2.05. The molecular weight excluding hydrogens is 363 g/mol. The van der Waals surface area contributed by atoms with Crippen LogP contribution in [0.3, 0.4) is 0 Å². The summed E-state index contributed by atoms with van der Waals surface area (Å²) in [5.74, 6) is -2.13. The summed E-state index contributed by atoms with van der Waals surface area (Å²) in [4.78, 5) is 23.1. The SMILES string of the molecule is COc1ccccc1C(=O)N/N=C(/C)c1ccc(NC(=O)C(F)(F)F)cc1. The fraction of sp³-hybridized carbons (Fsp3) is 0.167. The number of hydrogen-bond acceptors (Lipinski definition) is 4. The Kier molecular flexibility index (Phi) is 6.17. The Labute approximate surface area is 153 Å². The van der Waals surface area contributed by atoms with E-state index in [1.165, 1.54) is 31.4 Å². The minimum Gasteiger partial charge on any atom is -0.496 e. The number of anilines is 1. The zero-order valence-corrected chi connectivity index (χ0v) is 14.4. The predicted octanol–water partition coefficient (Wildman–Crippen LogP) is 3.35. The number of methoxy groups -OCH3 is 1. The van der Waals surface area contributed by atoms with Crippen LogP contribution < -0.4 is 15.5 Å². The van der Waals surface area contributed by atoms with Crippen molar-refractivity contribution in [3.63, 3.8) is 0 Å². The van der Waals surface area contributed by atoms with E-state index in [1.807, 2.05) is 0 Å². The van der Waals surface area contributed by atoms with Crippen molar-refractivity contribution in [1.82, 2.24) is 5.43 Å². The van der Waals surface area contributed by atoms with E-state index in [9.17, 15) is 22.8 Å². The lowest BCUT2D eigenvalue weighted by atomic mass is 10.1. The number of amides is 2. The molecule has 27 heavy (non-hydrogen) atoms. The van der Waals surface area contributed by atoms with Crippen molar-refractivity contribution in [1.29, 1.82) is 0 Å². The normalized spacial score (nSPS) is 11.7. The van der Waals surface area contributed by atoms with Crippen LogP contribution in [0.1, 0.15) is 22.8 Å². The number of carbonyl (C=O) groups is 2. The summed E-state index contributed by atoms with van der Waals surface area (Å²) in [6, 6.07) is 12.2. The van der Waals surface area contributed by atoms with Gasteiger partial charge in [0.1, 0.15) is 5.75 Å². The summed E-state index contributed by atoms with van der Waals surface area (Å²) >= 11 is 0. The Morgan fingerprint density at radius 2 is 1.67 bits per heavy atom. The van der Waals surface area contributed by atoms with Crippen LogP contribution in [0.25, 0.3) is 0 Å². The van der Waals surface area contributed by atoms with Gasteiger partial charge in [0.15, 0.2) is 0 Å². The molecule has 0 atom stereocenters. The van der Waals surface area contributed by atoms with Crippen molar-refractivity contribution in [3.8, 4) is 5.75 Å². The lowest BCUT2D eigenvalue weighted by Crippen LogP contribution is -2.29. The first-order valence-electron chi connectivity index (χ1n) is 7.68. The summed E-state index contributed by atoms with van der Waals surface area (Å²) in [5, 5.41) is 5.72. The molecule has 2 N–H and O–H groups in total. The number of nitrogens with zero attached hydrogens (tertiary/aromatic N) is 1. The lowest BCUT2D eigenvalue weighted by molar-refractivity contribution is -0.167. The number of carbonyl (C=O) groups excluding carboxylic acids is 2. The number of para-hydroxylation sites is 1. The average Bonchev–Trinajstić information content (AvgIpc) is 2.65. The van der Waals surface area contributed by atoms with Crippen LogP contribution in [0.4, 0.5) is 18.9 Å². The van der Waals surface area contributed by atoms with Gasteiger partial charge in [-0.05, 0) is 36.8 Å². The van der Waals surface area contributed by atoms with Crippen molar-refractivity contribution in [2.75, 3.05) is 12.4 Å². The monoisotopic (exact) mass is 379 g/mol. The van der Waals surface area contributed by atoms with Crippen LogP contribution in [0.5, 0.6) is 5.75 Å². The van der Waals surface area contributed by atoms with Crippen LogP contribution >= 0.6 is 0 Å². The molecular formula is C18H16F3N3O3. The molecule has 6 nitrogen and oxygen atoms in total. The molecule has 0 aliphatic heterocycles. The second-order valence-corrected chi connectivity index (χ2v) is 5.37. The molecule has 0 aliphatic carbocycles. The highest BCUT2D eigenvalue weighted by molar-refractivity contribution is 6.02. The fourth-order valence-corrected chi connectivity index (χ4v) is 2.09. The summed E-state index contributed by atoms with van der Waals surface area (Å²) in [5.41, 5.74) is 3.67. The number of halogens is 3. The van der Waals surface area contributed by atoms with Crippen LogP contribution in [0.15, 0.2) is 53.6 Å². The van der Waals surface area contributed by atoms with Gasteiger partial charge in [0.05, 0.1) is 18.4 Å². The Morgan fingerprint density at radius 1 is 1.04 bits per heavy atom. The van der Waals surface area contributed by atoms with Crippen LogP contribution in [-0.4, -0.2) is 30.8 Å². The largest absolute Gasteiger partial charge is 0.496 e. The van der Waals surface area contributed by atoms with Gasteiger partial charge < -0.3 is 10.1 Å². The van der Waals surface area contributed by atoms with E-state index in [0.717, 1.165) is 0 Å². The summed E-state index contributed by atoms with van der Waals surface area (Å²) < 4.78 is 41.8. The van der Waals surface area contributed by atoms with Crippen molar-refractivity contribution >= 4 is 23.2 Å². The highest BCUT2D eigenvalue weighted by Gasteiger charge is 2.38.